The molecule has 0 fully saturated rings. The van der Waals surface area contributed by atoms with Crippen molar-refractivity contribution >= 4 is 16.8 Å². The molecule has 4 nitrogen and oxygen atoms in total. The second-order valence-corrected chi connectivity index (χ2v) is 8.12. The SMILES string of the molecule is CC(C)CC(c1ccc2c(cnn2-c2ccc(F)cc2)c1)C(C)(C)C(N)=O. The van der Waals surface area contributed by atoms with Gasteiger partial charge in [-0.25, -0.2) is 9.07 Å². The van der Waals surface area contributed by atoms with Crippen LogP contribution < -0.4 is 5.73 Å². The topological polar surface area (TPSA) is 60.9 Å². The van der Waals surface area contributed by atoms with E-state index < -0.39 is 5.41 Å². The van der Waals surface area contributed by atoms with E-state index >= 15 is 0 Å². The fraction of sp³-hybridized carbons (Fsp3) is 0.364. The summed E-state index contributed by atoms with van der Waals surface area (Å²) in [6, 6.07) is 12.4. The number of hydrogen-bond donors (Lipinski definition) is 1. The maximum absolute atomic E-state index is 13.2. The summed E-state index contributed by atoms with van der Waals surface area (Å²) >= 11 is 0. The zero-order valence-corrected chi connectivity index (χ0v) is 16.2. The summed E-state index contributed by atoms with van der Waals surface area (Å²) in [6.45, 7) is 8.12. The van der Waals surface area contributed by atoms with Crippen LogP contribution in [0.4, 0.5) is 4.39 Å². The molecule has 0 aliphatic heterocycles. The van der Waals surface area contributed by atoms with Gasteiger partial charge in [0.15, 0.2) is 0 Å². The van der Waals surface area contributed by atoms with Crippen molar-refractivity contribution in [3.63, 3.8) is 0 Å². The van der Waals surface area contributed by atoms with E-state index in [4.69, 9.17) is 5.73 Å². The van der Waals surface area contributed by atoms with Crippen molar-refractivity contribution in [2.75, 3.05) is 0 Å². The highest BCUT2D eigenvalue weighted by Crippen LogP contribution is 2.41. The van der Waals surface area contributed by atoms with Crippen molar-refractivity contribution in [3.8, 4) is 5.69 Å². The highest BCUT2D eigenvalue weighted by atomic mass is 19.1. The minimum absolute atomic E-state index is 0.0218. The van der Waals surface area contributed by atoms with Gasteiger partial charge in [0, 0.05) is 5.39 Å². The molecule has 1 aromatic heterocycles. The Morgan fingerprint density at radius 2 is 1.85 bits per heavy atom. The zero-order valence-electron chi connectivity index (χ0n) is 16.2. The third-order valence-electron chi connectivity index (χ3n) is 5.28. The number of amides is 1. The Bertz CT molecular complexity index is 957. The number of rotatable bonds is 6. The van der Waals surface area contributed by atoms with E-state index in [0.29, 0.717) is 5.92 Å². The fourth-order valence-corrected chi connectivity index (χ4v) is 3.55. The molecule has 2 aromatic carbocycles. The third-order valence-corrected chi connectivity index (χ3v) is 5.28. The Balaban J connectivity index is 2.05. The van der Waals surface area contributed by atoms with Crippen LogP contribution in [-0.2, 0) is 4.79 Å². The molecule has 5 heteroatoms. The van der Waals surface area contributed by atoms with Gasteiger partial charge in [0.05, 0.1) is 22.8 Å². The first-order valence-corrected chi connectivity index (χ1v) is 9.23. The van der Waals surface area contributed by atoms with Crippen molar-refractivity contribution in [2.24, 2.45) is 17.1 Å². The molecule has 142 valence electrons. The van der Waals surface area contributed by atoms with Gasteiger partial charge in [-0.2, -0.15) is 5.10 Å². The van der Waals surface area contributed by atoms with Crippen LogP contribution in [-0.4, -0.2) is 15.7 Å². The number of nitrogens with zero attached hydrogens (tertiary/aromatic N) is 2. The first-order chi connectivity index (χ1) is 12.7. The lowest BCUT2D eigenvalue weighted by Gasteiger charge is -2.33. The van der Waals surface area contributed by atoms with Gasteiger partial charge in [-0.3, -0.25) is 4.79 Å². The van der Waals surface area contributed by atoms with E-state index in [2.05, 4.69) is 25.0 Å². The molecule has 3 aromatic rings. The average Bonchev–Trinajstić information content (AvgIpc) is 3.03. The number of carbonyl (C=O) groups is 1. The van der Waals surface area contributed by atoms with Crippen molar-refractivity contribution in [1.29, 1.82) is 0 Å². The lowest BCUT2D eigenvalue weighted by molar-refractivity contribution is -0.127. The van der Waals surface area contributed by atoms with Crippen LogP contribution in [0.2, 0.25) is 0 Å². The molecular weight excluding hydrogens is 341 g/mol. The number of hydrogen-bond acceptors (Lipinski definition) is 2. The molecule has 1 heterocycles. The standard InChI is InChI=1S/C22H26FN3O/c1-14(2)11-19(22(3,4)21(24)27)15-5-10-20-16(12-15)13-25-26(20)18-8-6-17(23)7-9-18/h5-10,12-14,19H,11H2,1-4H3,(H2,24,27). The van der Waals surface area contributed by atoms with Gasteiger partial charge in [-0.15, -0.1) is 0 Å². The van der Waals surface area contributed by atoms with Crippen LogP contribution in [0.5, 0.6) is 0 Å². The molecule has 0 saturated heterocycles. The summed E-state index contributed by atoms with van der Waals surface area (Å²) in [4.78, 5) is 12.1. The molecular formula is C22H26FN3O. The number of nitrogens with two attached hydrogens (primary N) is 1. The number of carbonyl (C=O) groups excluding carboxylic acids is 1. The Hall–Kier alpha value is -2.69. The normalized spacial score (nSPS) is 13.3. The largest absolute Gasteiger partial charge is 0.369 e. The number of benzene rings is 2. The predicted molar refractivity (Wildman–Crippen MR) is 106 cm³/mol. The van der Waals surface area contributed by atoms with Gasteiger partial charge in [0.25, 0.3) is 0 Å². The van der Waals surface area contributed by atoms with Crippen LogP contribution in [0.1, 0.15) is 45.6 Å². The zero-order chi connectivity index (χ0) is 19.8. The number of halogens is 1. The molecule has 1 unspecified atom stereocenters. The van der Waals surface area contributed by atoms with Crippen molar-refractivity contribution in [2.45, 2.75) is 40.0 Å². The number of primary amides is 1. The second kappa shape index (κ2) is 7.14. The minimum atomic E-state index is -0.648. The molecule has 0 aliphatic rings. The molecule has 2 N–H and O–H groups in total. The lowest BCUT2D eigenvalue weighted by Crippen LogP contribution is -2.37. The van der Waals surface area contributed by atoms with Gasteiger partial charge in [-0.05, 0) is 60.2 Å². The van der Waals surface area contributed by atoms with Gasteiger partial charge < -0.3 is 5.73 Å². The second-order valence-electron chi connectivity index (χ2n) is 8.12. The van der Waals surface area contributed by atoms with E-state index in [-0.39, 0.29) is 17.6 Å². The number of aromatic nitrogens is 2. The maximum Gasteiger partial charge on any atom is 0.223 e. The van der Waals surface area contributed by atoms with Crippen LogP contribution in [0.15, 0.2) is 48.7 Å². The highest BCUT2D eigenvalue weighted by Gasteiger charge is 2.36. The summed E-state index contributed by atoms with van der Waals surface area (Å²) in [5, 5.41) is 5.43. The van der Waals surface area contributed by atoms with E-state index in [1.807, 2.05) is 26.0 Å². The first-order valence-electron chi connectivity index (χ1n) is 9.23. The molecule has 0 spiro atoms. The maximum atomic E-state index is 13.2. The summed E-state index contributed by atoms with van der Waals surface area (Å²) in [7, 11) is 0. The molecule has 27 heavy (non-hydrogen) atoms. The van der Waals surface area contributed by atoms with Crippen LogP contribution >= 0.6 is 0 Å². The molecule has 1 atom stereocenters. The monoisotopic (exact) mass is 367 g/mol. The Labute approximate surface area is 159 Å². The third kappa shape index (κ3) is 3.72. The quantitative estimate of drug-likeness (QED) is 0.680. The Kier molecular flexibility index (Phi) is 5.05. The fourth-order valence-electron chi connectivity index (χ4n) is 3.55. The van der Waals surface area contributed by atoms with E-state index in [9.17, 15) is 9.18 Å². The summed E-state index contributed by atoms with van der Waals surface area (Å²) < 4.78 is 15.0. The Morgan fingerprint density at radius 3 is 2.44 bits per heavy atom. The highest BCUT2D eigenvalue weighted by molar-refractivity contribution is 5.83. The van der Waals surface area contributed by atoms with Crippen molar-refractivity contribution < 1.29 is 9.18 Å². The molecule has 3 rings (SSSR count). The van der Waals surface area contributed by atoms with E-state index in [1.54, 1.807) is 23.0 Å². The van der Waals surface area contributed by atoms with Crippen molar-refractivity contribution in [1.82, 2.24) is 9.78 Å². The molecule has 0 saturated carbocycles. The number of fused-ring (bicyclic) bond motifs is 1. The minimum Gasteiger partial charge on any atom is -0.369 e. The van der Waals surface area contributed by atoms with Crippen LogP contribution in [0.25, 0.3) is 16.6 Å². The molecule has 0 bridgehead atoms. The van der Waals surface area contributed by atoms with Crippen LogP contribution in [0, 0.1) is 17.2 Å². The van der Waals surface area contributed by atoms with Gasteiger partial charge in [-0.1, -0.05) is 33.8 Å². The Morgan fingerprint density at radius 1 is 1.19 bits per heavy atom. The lowest BCUT2D eigenvalue weighted by atomic mass is 9.70. The molecule has 0 aliphatic carbocycles. The van der Waals surface area contributed by atoms with Crippen molar-refractivity contribution in [3.05, 3.63) is 60.0 Å². The summed E-state index contributed by atoms with van der Waals surface area (Å²) in [6.07, 6.45) is 2.67. The molecule has 0 radical (unpaired) electrons. The smallest absolute Gasteiger partial charge is 0.223 e. The van der Waals surface area contributed by atoms with E-state index in [0.717, 1.165) is 28.6 Å². The van der Waals surface area contributed by atoms with Crippen LogP contribution in [0.3, 0.4) is 0 Å². The molecule has 1 amide bonds. The van der Waals surface area contributed by atoms with E-state index in [1.165, 1.54) is 12.1 Å². The summed E-state index contributed by atoms with van der Waals surface area (Å²) in [5.74, 6) is -0.113. The predicted octanol–water partition coefficient (Wildman–Crippen LogP) is 4.81. The van der Waals surface area contributed by atoms with Gasteiger partial charge in [0.1, 0.15) is 5.82 Å². The average molecular weight is 367 g/mol. The first kappa shape index (κ1) is 19.1. The van der Waals surface area contributed by atoms with Gasteiger partial charge >= 0.3 is 0 Å². The van der Waals surface area contributed by atoms with Gasteiger partial charge in [0.2, 0.25) is 5.91 Å². The summed E-state index contributed by atoms with van der Waals surface area (Å²) in [5.41, 5.74) is 7.87.